The Bertz CT molecular complexity index is 1390. The largest absolute Gasteiger partial charge is 0.497 e. The van der Waals surface area contributed by atoms with Crippen LogP contribution in [0.5, 0.6) is 5.75 Å². The van der Waals surface area contributed by atoms with E-state index in [1.54, 1.807) is 12.1 Å². The van der Waals surface area contributed by atoms with Crippen LogP contribution in [-0.4, -0.2) is 54.1 Å². The summed E-state index contributed by atoms with van der Waals surface area (Å²) in [6, 6.07) is 15.5. The minimum absolute atomic E-state index is 0.0155. The van der Waals surface area contributed by atoms with Gasteiger partial charge < -0.3 is 19.5 Å². The molecule has 12 heteroatoms. The molecule has 194 valence electrons. The van der Waals surface area contributed by atoms with Crippen molar-refractivity contribution in [2.24, 2.45) is 0 Å². The maximum atomic E-state index is 13.5. The van der Waals surface area contributed by atoms with E-state index < -0.39 is 34.4 Å². The van der Waals surface area contributed by atoms with Gasteiger partial charge in [0.15, 0.2) is 0 Å². The summed E-state index contributed by atoms with van der Waals surface area (Å²) < 4.78 is 42.4. The molecule has 0 heterocycles. The molecule has 0 aliphatic rings. The van der Waals surface area contributed by atoms with Crippen molar-refractivity contribution in [2.45, 2.75) is 4.90 Å². The van der Waals surface area contributed by atoms with Crippen molar-refractivity contribution in [1.29, 1.82) is 0 Å². The number of ether oxygens (including phenoxy) is 3. The number of amides is 1. The summed E-state index contributed by atoms with van der Waals surface area (Å²) in [6.45, 7) is -0.648. The molecule has 3 aromatic rings. The van der Waals surface area contributed by atoms with Crippen molar-refractivity contribution < 1.29 is 37.0 Å². The van der Waals surface area contributed by atoms with Crippen LogP contribution in [0.3, 0.4) is 0 Å². The zero-order chi connectivity index (χ0) is 27.2. The summed E-state index contributed by atoms with van der Waals surface area (Å²) in [5.74, 6) is -1.79. The molecule has 0 aromatic heterocycles. The molecule has 10 nitrogen and oxygen atoms in total. The number of nitrogens with one attached hydrogen (secondary N) is 1. The Hall–Kier alpha value is -4.09. The Balaban J connectivity index is 1.98. The van der Waals surface area contributed by atoms with Crippen molar-refractivity contribution >= 4 is 50.8 Å². The van der Waals surface area contributed by atoms with Gasteiger partial charge in [0.05, 0.1) is 43.0 Å². The van der Waals surface area contributed by atoms with E-state index in [1.165, 1.54) is 61.7 Å². The summed E-state index contributed by atoms with van der Waals surface area (Å²) in [5, 5.41) is 2.79. The normalized spacial score (nSPS) is 10.8. The quantitative estimate of drug-likeness (QED) is 0.402. The first-order valence-corrected chi connectivity index (χ1v) is 12.4. The van der Waals surface area contributed by atoms with E-state index in [0.717, 1.165) is 18.5 Å². The average Bonchev–Trinajstić information content (AvgIpc) is 2.90. The number of rotatable bonds is 9. The topological polar surface area (TPSA) is 128 Å². The number of methoxy groups -OCH3 is 3. The molecular weight excluding hydrogens is 524 g/mol. The van der Waals surface area contributed by atoms with Crippen LogP contribution in [0.25, 0.3) is 0 Å². The maximum Gasteiger partial charge on any atom is 0.337 e. The third-order valence-corrected chi connectivity index (χ3v) is 7.11. The highest BCUT2D eigenvalue weighted by Crippen LogP contribution is 2.27. The zero-order valence-electron chi connectivity index (χ0n) is 20.1. The Morgan fingerprint density at radius 3 is 1.97 bits per heavy atom. The number of sulfonamides is 1. The van der Waals surface area contributed by atoms with Crippen molar-refractivity contribution in [2.75, 3.05) is 37.5 Å². The second-order valence-electron chi connectivity index (χ2n) is 7.50. The molecule has 0 unspecified atom stereocenters. The van der Waals surface area contributed by atoms with E-state index in [-0.39, 0.29) is 32.4 Å². The van der Waals surface area contributed by atoms with Crippen LogP contribution in [0.4, 0.5) is 11.4 Å². The first-order chi connectivity index (χ1) is 17.6. The minimum Gasteiger partial charge on any atom is -0.497 e. The molecule has 3 rings (SSSR count). The number of halogens is 1. The van der Waals surface area contributed by atoms with E-state index >= 15 is 0 Å². The molecule has 3 aromatic carbocycles. The van der Waals surface area contributed by atoms with Crippen LogP contribution < -0.4 is 14.4 Å². The number of benzene rings is 3. The molecule has 1 N–H and O–H groups in total. The average molecular weight is 547 g/mol. The number of hydrogen-bond acceptors (Lipinski definition) is 8. The van der Waals surface area contributed by atoms with E-state index in [0.29, 0.717) is 5.75 Å². The second-order valence-corrected chi connectivity index (χ2v) is 9.80. The lowest BCUT2D eigenvalue weighted by atomic mass is 10.1. The molecule has 37 heavy (non-hydrogen) atoms. The SMILES string of the molecule is COC(=O)c1cc(NC(=O)CN(c2cccc(Cl)c2)S(=O)(=O)c2ccc(OC)cc2)cc(C(=O)OC)c1. The fourth-order valence-electron chi connectivity index (χ4n) is 3.32. The summed E-state index contributed by atoms with van der Waals surface area (Å²) in [4.78, 5) is 37.1. The van der Waals surface area contributed by atoms with Crippen LogP contribution in [0.1, 0.15) is 20.7 Å². The fourth-order valence-corrected chi connectivity index (χ4v) is 4.92. The molecule has 0 bridgehead atoms. The van der Waals surface area contributed by atoms with Gasteiger partial charge in [-0.25, -0.2) is 18.0 Å². The van der Waals surface area contributed by atoms with Gasteiger partial charge in [-0.05, 0) is 60.7 Å². The molecule has 0 radical (unpaired) electrons. The van der Waals surface area contributed by atoms with Gasteiger partial charge >= 0.3 is 11.9 Å². The Morgan fingerprint density at radius 1 is 0.865 bits per heavy atom. The monoisotopic (exact) mass is 546 g/mol. The number of esters is 2. The van der Waals surface area contributed by atoms with E-state index in [2.05, 4.69) is 5.32 Å². The fraction of sp³-hybridized carbons (Fsp3) is 0.160. The summed E-state index contributed by atoms with van der Waals surface area (Å²) >= 11 is 6.09. The van der Waals surface area contributed by atoms with E-state index in [4.69, 9.17) is 25.8 Å². The Labute approximate surface area is 218 Å². The van der Waals surface area contributed by atoms with Gasteiger partial charge in [0, 0.05) is 10.7 Å². The van der Waals surface area contributed by atoms with Gasteiger partial charge in [0.1, 0.15) is 12.3 Å². The van der Waals surface area contributed by atoms with Crippen molar-refractivity contribution in [3.8, 4) is 5.75 Å². The summed E-state index contributed by atoms with van der Waals surface area (Å²) in [6.07, 6.45) is 0. The number of carbonyl (C=O) groups is 3. The molecule has 0 aliphatic heterocycles. The predicted molar refractivity (Wildman–Crippen MR) is 137 cm³/mol. The molecule has 0 fully saturated rings. The van der Waals surface area contributed by atoms with Crippen molar-refractivity contribution in [3.05, 3.63) is 82.9 Å². The lowest BCUT2D eigenvalue weighted by Crippen LogP contribution is -2.38. The number of nitrogens with zero attached hydrogens (tertiary/aromatic N) is 1. The van der Waals surface area contributed by atoms with E-state index in [9.17, 15) is 22.8 Å². The molecule has 0 spiro atoms. The Morgan fingerprint density at radius 2 is 1.46 bits per heavy atom. The van der Waals surface area contributed by atoms with Gasteiger partial charge in [0.25, 0.3) is 10.0 Å². The van der Waals surface area contributed by atoms with E-state index in [1.807, 2.05) is 0 Å². The molecule has 0 atom stereocenters. The number of anilines is 2. The zero-order valence-corrected chi connectivity index (χ0v) is 21.6. The van der Waals surface area contributed by atoms with Crippen LogP contribution in [0, 0.1) is 0 Å². The summed E-state index contributed by atoms with van der Waals surface area (Å²) in [7, 11) is -0.443. The molecular formula is C25H23ClN2O8S. The number of carbonyl (C=O) groups excluding carboxylic acids is 3. The van der Waals surface area contributed by atoms with Gasteiger partial charge in [-0.1, -0.05) is 17.7 Å². The van der Waals surface area contributed by atoms with Gasteiger partial charge in [-0.3, -0.25) is 9.10 Å². The highest BCUT2D eigenvalue weighted by Gasteiger charge is 2.28. The van der Waals surface area contributed by atoms with Crippen LogP contribution in [-0.2, 0) is 24.3 Å². The maximum absolute atomic E-state index is 13.5. The van der Waals surface area contributed by atoms with Gasteiger partial charge in [-0.15, -0.1) is 0 Å². The highest BCUT2D eigenvalue weighted by molar-refractivity contribution is 7.92. The van der Waals surface area contributed by atoms with Crippen molar-refractivity contribution in [3.63, 3.8) is 0 Å². The third-order valence-electron chi connectivity index (χ3n) is 5.09. The standard InChI is InChI=1S/C25H23ClN2O8S/c1-34-21-7-9-22(10-8-21)37(32,33)28(20-6-4-5-18(26)14-20)15-23(29)27-19-12-16(24(30)35-2)11-17(13-19)25(31)36-3/h4-14H,15H2,1-3H3,(H,27,29). The second kappa shape index (κ2) is 11.8. The Kier molecular flexibility index (Phi) is 8.74. The van der Waals surface area contributed by atoms with Crippen LogP contribution in [0.2, 0.25) is 5.02 Å². The van der Waals surface area contributed by atoms with Gasteiger partial charge in [-0.2, -0.15) is 0 Å². The molecule has 0 aliphatic carbocycles. The predicted octanol–water partition coefficient (Wildman–Crippen LogP) is 3.76. The minimum atomic E-state index is -4.22. The highest BCUT2D eigenvalue weighted by atomic mass is 35.5. The first kappa shape index (κ1) is 27.5. The first-order valence-electron chi connectivity index (χ1n) is 10.6. The van der Waals surface area contributed by atoms with Crippen LogP contribution >= 0.6 is 11.6 Å². The summed E-state index contributed by atoms with van der Waals surface area (Å²) in [5.41, 5.74) is 0.176. The van der Waals surface area contributed by atoms with Gasteiger partial charge in [0.2, 0.25) is 5.91 Å². The molecule has 0 saturated heterocycles. The molecule has 0 saturated carbocycles. The molecule has 1 amide bonds. The lowest BCUT2D eigenvalue weighted by Gasteiger charge is -2.24. The van der Waals surface area contributed by atoms with Crippen molar-refractivity contribution in [1.82, 2.24) is 0 Å². The lowest BCUT2D eigenvalue weighted by molar-refractivity contribution is -0.114. The number of hydrogen-bond donors (Lipinski definition) is 1. The third kappa shape index (κ3) is 6.57. The van der Waals surface area contributed by atoms with Crippen LogP contribution in [0.15, 0.2) is 71.6 Å². The smallest absolute Gasteiger partial charge is 0.337 e.